The van der Waals surface area contributed by atoms with E-state index in [1.165, 1.54) is 0 Å². The van der Waals surface area contributed by atoms with Crippen molar-refractivity contribution in [3.05, 3.63) is 0 Å². The Morgan fingerprint density at radius 3 is 0.538 bits per heavy atom. The molecule has 0 aromatic heterocycles. The Morgan fingerprint density at radius 2 is 0.538 bits per heavy atom. The third kappa shape index (κ3) is 39200. The molecular weight excluding hydrogens is 319 g/mol. The summed E-state index contributed by atoms with van der Waals surface area (Å²) in [5.41, 5.74) is 0. The molecule has 0 heterocycles. The van der Waals surface area contributed by atoms with Gasteiger partial charge >= 0.3 is 63.9 Å². The first kappa shape index (κ1) is 15.6. The standard InChI is InChI=1S/F6Se.F5P/c1-7(2,3,4,5)6;1-6(2,3,4)5. The van der Waals surface area contributed by atoms with Gasteiger partial charge < -0.3 is 0 Å². The van der Waals surface area contributed by atoms with E-state index >= 15 is 0 Å². The summed E-state index contributed by atoms with van der Waals surface area (Å²) in [6, 6.07) is 0. The Morgan fingerprint density at radius 1 is 0.538 bits per heavy atom. The molecule has 0 nitrogen and oxygen atoms in total. The molecular formula is F11PSe. The first-order valence-corrected chi connectivity index (χ1v) is 7.35. The normalized spacial score (nSPS) is 21.3. The van der Waals surface area contributed by atoms with E-state index in [4.69, 9.17) is 0 Å². The van der Waals surface area contributed by atoms with Crippen LogP contribution in [0.1, 0.15) is 0 Å². The molecule has 13 heteroatoms. The molecule has 0 aliphatic carbocycles. The second kappa shape index (κ2) is 2.40. The van der Waals surface area contributed by atoms with Gasteiger partial charge in [0.1, 0.15) is 0 Å². The SMILES string of the molecule is FP(F)(F)(F)F.F[Se](F)(F)(F)(F)F. The molecule has 0 aliphatic rings. The van der Waals surface area contributed by atoms with Gasteiger partial charge in [-0.05, 0) is 0 Å². The monoisotopic (exact) mass is 320 g/mol. The van der Waals surface area contributed by atoms with Crippen molar-refractivity contribution < 1.29 is 42.3 Å². The predicted molar refractivity (Wildman–Crippen MR) is 24.9 cm³/mol. The molecule has 0 aliphatic heterocycles. The van der Waals surface area contributed by atoms with Gasteiger partial charge in [0.15, 0.2) is 0 Å². The topological polar surface area (TPSA) is 0 Å². The molecule has 0 rings (SSSR count). The van der Waals surface area contributed by atoms with Gasteiger partial charge in [-0.2, -0.15) is 0 Å². The molecule has 13 heavy (non-hydrogen) atoms. The minimum atomic E-state index is -11.0. The van der Waals surface area contributed by atoms with Crippen LogP contribution < -0.4 is 0 Å². The Labute approximate surface area is 64.9 Å². The molecule has 88 valence electrons. The Kier molecular flexibility index (Phi) is 2.89. The molecule has 0 saturated carbocycles. The van der Waals surface area contributed by atoms with Crippen LogP contribution in [-0.2, 0) is 0 Å². The predicted octanol–water partition coefficient (Wildman–Crippen LogP) is 5.10. The minimum absolute atomic E-state index is 8.55. The van der Waals surface area contributed by atoms with Crippen molar-refractivity contribution >= 4 is 21.6 Å². The van der Waals surface area contributed by atoms with Crippen molar-refractivity contribution in [2.24, 2.45) is 0 Å². The zero-order valence-corrected chi connectivity index (χ0v) is 7.62. The maximum atomic E-state index is 9.90. The molecule has 0 atom stereocenters. The van der Waals surface area contributed by atoms with Crippen LogP contribution in [0.25, 0.3) is 0 Å². The fourth-order valence-corrected chi connectivity index (χ4v) is 0. The van der Waals surface area contributed by atoms with Crippen LogP contribution in [0.15, 0.2) is 0 Å². The number of hydrogen-bond acceptors (Lipinski definition) is 0. The summed E-state index contributed by atoms with van der Waals surface area (Å²) < 4.78 is 109. The Hall–Kier alpha value is 0.179. The second-order valence-electron chi connectivity index (χ2n) is 1.51. The van der Waals surface area contributed by atoms with Gasteiger partial charge in [-0.25, -0.2) is 0 Å². The summed E-state index contributed by atoms with van der Waals surface area (Å²) in [7, 11) is -8.55. The first-order valence-electron chi connectivity index (χ1n) is 1.77. The van der Waals surface area contributed by atoms with E-state index in [2.05, 4.69) is 0 Å². The van der Waals surface area contributed by atoms with Crippen LogP contribution in [0.4, 0.5) is 42.3 Å². The Balaban J connectivity index is 0. The van der Waals surface area contributed by atoms with Crippen LogP contribution in [-0.4, -0.2) is 13.5 Å². The average molecular weight is 319 g/mol. The van der Waals surface area contributed by atoms with E-state index in [9.17, 15) is 42.3 Å². The van der Waals surface area contributed by atoms with Gasteiger partial charge in [0.05, 0.1) is 0 Å². The van der Waals surface area contributed by atoms with Crippen molar-refractivity contribution in [2.75, 3.05) is 0 Å². The Bertz CT molecular complexity index is 150. The van der Waals surface area contributed by atoms with E-state index in [1.54, 1.807) is 0 Å². The summed E-state index contributed by atoms with van der Waals surface area (Å²) >= 11 is -11.0. The van der Waals surface area contributed by atoms with E-state index in [-0.39, 0.29) is 0 Å². The van der Waals surface area contributed by atoms with Gasteiger partial charge in [-0.15, -0.1) is 0 Å². The molecule has 0 radical (unpaired) electrons. The van der Waals surface area contributed by atoms with Crippen molar-refractivity contribution in [1.29, 1.82) is 0 Å². The summed E-state index contributed by atoms with van der Waals surface area (Å²) in [5, 5.41) is 0. The van der Waals surface area contributed by atoms with E-state index in [0.29, 0.717) is 0 Å². The van der Waals surface area contributed by atoms with E-state index in [1.807, 2.05) is 0 Å². The average Bonchev–Trinajstić information content (AvgIpc) is 0.981. The third-order valence-corrected chi connectivity index (χ3v) is 0. The summed E-state index contributed by atoms with van der Waals surface area (Å²) in [6.07, 6.45) is 0. The summed E-state index contributed by atoms with van der Waals surface area (Å²) in [5.74, 6) is 0. The summed E-state index contributed by atoms with van der Waals surface area (Å²) in [4.78, 5) is 0. The molecule has 0 spiro atoms. The fourth-order valence-electron chi connectivity index (χ4n) is 0. The second-order valence-corrected chi connectivity index (χ2v) is 6.46. The summed E-state index contributed by atoms with van der Waals surface area (Å²) in [6.45, 7) is 0. The number of hydrogen-bond donors (Lipinski definition) is 0. The fraction of sp³-hybridized carbons (Fsp3) is 0. The van der Waals surface area contributed by atoms with Gasteiger partial charge in [0.25, 0.3) is 0 Å². The van der Waals surface area contributed by atoms with Gasteiger partial charge in [0, 0.05) is 0 Å². The molecule has 0 aromatic carbocycles. The van der Waals surface area contributed by atoms with Crippen LogP contribution in [0.5, 0.6) is 0 Å². The molecule has 0 saturated heterocycles. The first-order chi connectivity index (χ1) is 4.69. The molecule has 0 unspecified atom stereocenters. The van der Waals surface area contributed by atoms with Gasteiger partial charge in [-0.1, -0.05) is 0 Å². The molecule has 0 fully saturated rings. The van der Waals surface area contributed by atoms with Gasteiger partial charge in [-0.3, -0.25) is 0 Å². The van der Waals surface area contributed by atoms with Crippen molar-refractivity contribution in [3.63, 3.8) is 0 Å². The number of rotatable bonds is 0. The molecule has 0 amide bonds. The molecule has 0 aromatic rings. The van der Waals surface area contributed by atoms with Crippen molar-refractivity contribution in [3.8, 4) is 0 Å². The maximum absolute atomic E-state index is 11.0. The zero-order chi connectivity index (χ0) is 11.9. The molecule has 0 N–H and O–H groups in total. The zero-order valence-electron chi connectivity index (χ0n) is 5.01. The van der Waals surface area contributed by atoms with E-state index < -0.39 is 21.6 Å². The number of halogens is 11. The van der Waals surface area contributed by atoms with Crippen LogP contribution in [0, 0.1) is 0 Å². The van der Waals surface area contributed by atoms with Crippen LogP contribution in [0.3, 0.4) is 0 Å². The van der Waals surface area contributed by atoms with Crippen molar-refractivity contribution in [2.45, 2.75) is 0 Å². The van der Waals surface area contributed by atoms with Crippen LogP contribution in [0.2, 0.25) is 0 Å². The quantitative estimate of drug-likeness (QED) is 0.331. The molecule has 0 bridgehead atoms. The van der Waals surface area contributed by atoms with Gasteiger partial charge in [0.2, 0.25) is 0 Å². The third-order valence-electron chi connectivity index (χ3n) is 0. The van der Waals surface area contributed by atoms with E-state index in [0.717, 1.165) is 0 Å². The van der Waals surface area contributed by atoms with Crippen molar-refractivity contribution in [1.82, 2.24) is 0 Å². The van der Waals surface area contributed by atoms with Crippen LogP contribution >= 0.6 is 8.16 Å².